The van der Waals surface area contributed by atoms with Gasteiger partial charge in [0.2, 0.25) is 0 Å². The van der Waals surface area contributed by atoms with Crippen LogP contribution in [0.5, 0.6) is 0 Å². The van der Waals surface area contributed by atoms with Crippen LogP contribution in [0.1, 0.15) is 26.2 Å². The SMILES string of the molecule is CNC(=O)O[C@@H]1CCC[C@@H]1C. The molecule has 0 bridgehead atoms. The second-order valence-corrected chi connectivity index (χ2v) is 3.10. The Morgan fingerprint density at radius 1 is 1.55 bits per heavy atom. The smallest absolute Gasteiger partial charge is 0.407 e. The average Bonchev–Trinajstić information content (AvgIpc) is 2.37. The predicted molar refractivity (Wildman–Crippen MR) is 42.3 cm³/mol. The molecule has 0 unspecified atom stereocenters. The molecule has 11 heavy (non-hydrogen) atoms. The van der Waals surface area contributed by atoms with E-state index < -0.39 is 0 Å². The summed E-state index contributed by atoms with van der Waals surface area (Å²) in [5.41, 5.74) is 0. The van der Waals surface area contributed by atoms with Gasteiger partial charge in [-0.1, -0.05) is 6.92 Å². The largest absolute Gasteiger partial charge is 0.446 e. The van der Waals surface area contributed by atoms with Gasteiger partial charge < -0.3 is 10.1 Å². The van der Waals surface area contributed by atoms with Gasteiger partial charge in [-0.25, -0.2) is 4.79 Å². The minimum absolute atomic E-state index is 0.148. The first-order chi connectivity index (χ1) is 5.24. The summed E-state index contributed by atoms with van der Waals surface area (Å²) in [7, 11) is 1.59. The van der Waals surface area contributed by atoms with Crippen LogP contribution in [0.25, 0.3) is 0 Å². The van der Waals surface area contributed by atoms with Crippen LogP contribution in [0.3, 0.4) is 0 Å². The molecule has 0 saturated heterocycles. The first-order valence-electron chi connectivity index (χ1n) is 4.12. The minimum Gasteiger partial charge on any atom is -0.446 e. The molecule has 1 amide bonds. The van der Waals surface area contributed by atoms with Crippen molar-refractivity contribution in [1.29, 1.82) is 0 Å². The number of carbonyl (C=O) groups is 1. The highest BCUT2D eigenvalue weighted by Gasteiger charge is 2.26. The highest BCUT2D eigenvalue weighted by molar-refractivity contribution is 5.66. The van der Waals surface area contributed by atoms with Gasteiger partial charge >= 0.3 is 6.09 Å². The zero-order chi connectivity index (χ0) is 8.27. The Balaban J connectivity index is 2.30. The standard InChI is InChI=1S/C8H15NO2/c1-6-4-3-5-7(6)11-8(10)9-2/h6-7H,3-5H2,1-2H3,(H,9,10)/t6-,7+/m0/s1. The van der Waals surface area contributed by atoms with Crippen LogP contribution in [0, 0.1) is 5.92 Å². The van der Waals surface area contributed by atoms with E-state index in [0.29, 0.717) is 5.92 Å². The summed E-state index contributed by atoms with van der Waals surface area (Å²) < 4.78 is 5.12. The lowest BCUT2D eigenvalue weighted by Gasteiger charge is -2.15. The van der Waals surface area contributed by atoms with E-state index in [1.165, 1.54) is 12.8 Å². The van der Waals surface area contributed by atoms with Crippen molar-refractivity contribution in [1.82, 2.24) is 5.32 Å². The predicted octanol–water partition coefficient (Wildman–Crippen LogP) is 1.53. The molecule has 0 aliphatic heterocycles. The second-order valence-electron chi connectivity index (χ2n) is 3.10. The molecule has 0 heterocycles. The van der Waals surface area contributed by atoms with Gasteiger partial charge in [0.25, 0.3) is 0 Å². The van der Waals surface area contributed by atoms with Crippen LogP contribution >= 0.6 is 0 Å². The van der Waals surface area contributed by atoms with Gasteiger partial charge in [-0.3, -0.25) is 0 Å². The molecule has 1 aliphatic rings. The van der Waals surface area contributed by atoms with E-state index in [4.69, 9.17) is 4.74 Å². The molecule has 1 rings (SSSR count). The molecular weight excluding hydrogens is 142 g/mol. The van der Waals surface area contributed by atoms with Crippen LogP contribution < -0.4 is 5.32 Å². The zero-order valence-electron chi connectivity index (χ0n) is 7.09. The van der Waals surface area contributed by atoms with Crippen LogP contribution in [0.15, 0.2) is 0 Å². The number of ether oxygens (including phenoxy) is 1. The van der Waals surface area contributed by atoms with E-state index in [1.807, 2.05) is 0 Å². The van der Waals surface area contributed by atoms with Crippen molar-refractivity contribution in [2.24, 2.45) is 5.92 Å². The van der Waals surface area contributed by atoms with Crippen LogP contribution in [0.2, 0.25) is 0 Å². The topological polar surface area (TPSA) is 38.3 Å². The Morgan fingerprint density at radius 2 is 2.27 bits per heavy atom. The van der Waals surface area contributed by atoms with Gasteiger partial charge in [-0.2, -0.15) is 0 Å². The van der Waals surface area contributed by atoms with Crippen LogP contribution in [-0.4, -0.2) is 19.2 Å². The van der Waals surface area contributed by atoms with E-state index in [1.54, 1.807) is 7.05 Å². The first kappa shape index (κ1) is 8.37. The van der Waals surface area contributed by atoms with Gasteiger partial charge in [0, 0.05) is 7.05 Å². The van der Waals surface area contributed by atoms with Crippen molar-refractivity contribution < 1.29 is 9.53 Å². The van der Waals surface area contributed by atoms with Crippen molar-refractivity contribution in [3.63, 3.8) is 0 Å². The average molecular weight is 157 g/mol. The third-order valence-corrected chi connectivity index (χ3v) is 2.25. The molecule has 64 valence electrons. The van der Waals surface area contributed by atoms with Gasteiger partial charge in [0.05, 0.1) is 0 Å². The molecule has 1 aliphatic carbocycles. The molecule has 1 fully saturated rings. The third kappa shape index (κ3) is 2.10. The first-order valence-corrected chi connectivity index (χ1v) is 4.12. The highest BCUT2D eigenvalue weighted by atomic mass is 16.6. The fraction of sp³-hybridized carbons (Fsp3) is 0.875. The minimum atomic E-state index is -0.302. The van der Waals surface area contributed by atoms with Crippen molar-refractivity contribution >= 4 is 6.09 Å². The highest BCUT2D eigenvalue weighted by Crippen LogP contribution is 2.27. The third-order valence-electron chi connectivity index (χ3n) is 2.25. The molecule has 1 N–H and O–H groups in total. The lowest BCUT2D eigenvalue weighted by Crippen LogP contribution is -2.27. The summed E-state index contributed by atoms with van der Waals surface area (Å²) in [6.45, 7) is 2.13. The number of rotatable bonds is 1. The summed E-state index contributed by atoms with van der Waals surface area (Å²) in [5, 5.41) is 2.45. The molecule has 2 atom stereocenters. The van der Waals surface area contributed by atoms with Crippen molar-refractivity contribution in [2.75, 3.05) is 7.05 Å². The molecule has 1 saturated carbocycles. The molecular formula is C8H15NO2. The van der Waals surface area contributed by atoms with Gasteiger partial charge in [0.15, 0.2) is 0 Å². The Morgan fingerprint density at radius 3 is 2.73 bits per heavy atom. The maximum Gasteiger partial charge on any atom is 0.407 e. The number of alkyl carbamates (subject to hydrolysis) is 1. The monoisotopic (exact) mass is 157 g/mol. The van der Waals surface area contributed by atoms with Crippen LogP contribution in [-0.2, 0) is 4.74 Å². The number of nitrogens with one attached hydrogen (secondary N) is 1. The van der Waals surface area contributed by atoms with Crippen molar-refractivity contribution in [3.8, 4) is 0 Å². The molecule has 0 spiro atoms. The quantitative estimate of drug-likeness (QED) is 0.627. The second kappa shape index (κ2) is 3.60. The molecule has 0 aromatic rings. The number of carbonyl (C=O) groups excluding carboxylic acids is 1. The fourth-order valence-corrected chi connectivity index (χ4v) is 1.48. The van der Waals surface area contributed by atoms with E-state index in [2.05, 4.69) is 12.2 Å². The molecule has 0 aromatic heterocycles. The Bertz CT molecular complexity index is 147. The normalized spacial score (nSPS) is 30.0. The van der Waals surface area contributed by atoms with E-state index in [-0.39, 0.29) is 12.2 Å². The summed E-state index contributed by atoms with van der Waals surface area (Å²) in [6, 6.07) is 0. The van der Waals surface area contributed by atoms with Crippen molar-refractivity contribution in [3.05, 3.63) is 0 Å². The molecule has 0 aromatic carbocycles. The molecule has 3 heteroatoms. The van der Waals surface area contributed by atoms with Crippen molar-refractivity contribution in [2.45, 2.75) is 32.3 Å². The van der Waals surface area contributed by atoms with Gasteiger partial charge in [-0.05, 0) is 25.2 Å². The fourth-order valence-electron chi connectivity index (χ4n) is 1.48. The lowest BCUT2D eigenvalue weighted by atomic mass is 10.1. The summed E-state index contributed by atoms with van der Waals surface area (Å²) in [4.78, 5) is 10.8. The number of hydrogen-bond acceptors (Lipinski definition) is 2. The summed E-state index contributed by atoms with van der Waals surface area (Å²) >= 11 is 0. The van der Waals surface area contributed by atoms with Gasteiger partial charge in [-0.15, -0.1) is 0 Å². The summed E-state index contributed by atoms with van der Waals surface area (Å²) in [5.74, 6) is 0.535. The summed E-state index contributed by atoms with van der Waals surface area (Å²) in [6.07, 6.45) is 3.23. The lowest BCUT2D eigenvalue weighted by molar-refractivity contribution is 0.0817. The van der Waals surface area contributed by atoms with E-state index in [9.17, 15) is 4.79 Å². The van der Waals surface area contributed by atoms with Gasteiger partial charge in [0.1, 0.15) is 6.10 Å². The van der Waals surface area contributed by atoms with E-state index in [0.717, 1.165) is 6.42 Å². The maximum atomic E-state index is 10.8. The number of amides is 1. The van der Waals surface area contributed by atoms with E-state index >= 15 is 0 Å². The van der Waals surface area contributed by atoms with Crippen LogP contribution in [0.4, 0.5) is 4.79 Å². The Hall–Kier alpha value is -0.730. The number of hydrogen-bond donors (Lipinski definition) is 1. The zero-order valence-corrected chi connectivity index (χ0v) is 7.09. The molecule has 0 radical (unpaired) electrons. The maximum absolute atomic E-state index is 10.8. The Kier molecular flexibility index (Phi) is 2.74. The Labute approximate surface area is 67.1 Å². The molecule has 3 nitrogen and oxygen atoms in total.